The van der Waals surface area contributed by atoms with Gasteiger partial charge in [-0.3, -0.25) is 4.98 Å². The number of alkyl halides is 1. The van der Waals surface area contributed by atoms with Crippen molar-refractivity contribution in [2.75, 3.05) is 18.0 Å². The summed E-state index contributed by atoms with van der Waals surface area (Å²) in [5.74, 6) is -0.440. The van der Waals surface area contributed by atoms with Gasteiger partial charge in [0.25, 0.3) is 15.9 Å². The Morgan fingerprint density at radius 2 is 1.85 bits per heavy atom. The molecule has 0 bridgehead atoms. The number of sulfonamides is 1. The number of amides is 1. The first-order valence-electron chi connectivity index (χ1n) is 10.4. The SMILES string of the molecule is COc1nc(C)cnc1N(C(=O)OCC(C)C)S(=O)(=O)c1cccnc1-c1ccc(CBr)cc1. The van der Waals surface area contributed by atoms with Crippen LogP contribution in [0.15, 0.2) is 53.7 Å². The van der Waals surface area contributed by atoms with Crippen LogP contribution in [0.25, 0.3) is 11.3 Å². The van der Waals surface area contributed by atoms with Crippen molar-refractivity contribution in [2.45, 2.75) is 31.0 Å². The molecule has 34 heavy (non-hydrogen) atoms. The lowest BCUT2D eigenvalue weighted by Gasteiger charge is -2.23. The lowest BCUT2D eigenvalue weighted by atomic mass is 10.1. The first kappa shape index (κ1) is 25.6. The Bertz CT molecular complexity index is 1270. The highest BCUT2D eigenvalue weighted by molar-refractivity contribution is 9.08. The van der Waals surface area contributed by atoms with Crippen molar-refractivity contribution < 1.29 is 22.7 Å². The van der Waals surface area contributed by atoms with Gasteiger partial charge in [-0.2, -0.15) is 0 Å². The number of carbonyl (C=O) groups excluding carboxylic acids is 1. The lowest BCUT2D eigenvalue weighted by Crippen LogP contribution is -2.39. The fourth-order valence-corrected chi connectivity index (χ4v) is 4.82. The molecule has 0 radical (unpaired) electrons. The van der Waals surface area contributed by atoms with E-state index in [1.165, 1.54) is 31.6 Å². The van der Waals surface area contributed by atoms with E-state index in [0.29, 0.717) is 20.9 Å². The van der Waals surface area contributed by atoms with Gasteiger partial charge >= 0.3 is 6.09 Å². The number of nitrogens with zero attached hydrogens (tertiary/aromatic N) is 4. The summed E-state index contributed by atoms with van der Waals surface area (Å²) in [7, 11) is -3.22. The van der Waals surface area contributed by atoms with Gasteiger partial charge in [0.05, 0.1) is 31.3 Å². The van der Waals surface area contributed by atoms with Crippen LogP contribution in [-0.4, -0.2) is 43.2 Å². The van der Waals surface area contributed by atoms with Crippen molar-refractivity contribution in [2.24, 2.45) is 5.92 Å². The van der Waals surface area contributed by atoms with E-state index in [2.05, 4.69) is 30.9 Å². The van der Waals surface area contributed by atoms with Gasteiger partial charge in [0, 0.05) is 17.1 Å². The zero-order valence-corrected chi connectivity index (χ0v) is 21.6. The highest BCUT2D eigenvalue weighted by Crippen LogP contribution is 2.33. The monoisotopic (exact) mass is 548 g/mol. The number of aryl methyl sites for hydroxylation is 1. The van der Waals surface area contributed by atoms with Crippen molar-refractivity contribution in [3.8, 4) is 17.1 Å². The van der Waals surface area contributed by atoms with E-state index < -0.39 is 16.1 Å². The van der Waals surface area contributed by atoms with Gasteiger partial charge in [-0.25, -0.2) is 23.2 Å². The smallest absolute Gasteiger partial charge is 0.430 e. The first-order valence-corrected chi connectivity index (χ1v) is 12.9. The van der Waals surface area contributed by atoms with Crippen LogP contribution in [0.2, 0.25) is 0 Å². The highest BCUT2D eigenvalue weighted by Gasteiger charge is 2.38. The first-order chi connectivity index (χ1) is 16.2. The molecule has 11 heteroatoms. The average Bonchev–Trinajstić information content (AvgIpc) is 2.83. The predicted octanol–water partition coefficient (Wildman–Crippen LogP) is 4.74. The molecular weight excluding hydrogens is 524 g/mol. The normalized spacial score (nSPS) is 11.4. The second-order valence-electron chi connectivity index (χ2n) is 7.77. The van der Waals surface area contributed by atoms with Crippen molar-refractivity contribution in [1.29, 1.82) is 0 Å². The van der Waals surface area contributed by atoms with E-state index in [1.807, 2.05) is 26.0 Å². The zero-order valence-electron chi connectivity index (χ0n) is 19.2. The van der Waals surface area contributed by atoms with Crippen LogP contribution in [-0.2, 0) is 20.1 Å². The number of aromatic nitrogens is 3. The molecule has 0 unspecified atom stereocenters. The van der Waals surface area contributed by atoms with Gasteiger partial charge in [-0.05, 0) is 30.5 Å². The number of hydrogen-bond donors (Lipinski definition) is 0. The molecule has 0 spiro atoms. The molecule has 3 aromatic rings. The highest BCUT2D eigenvalue weighted by atomic mass is 79.9. The fraction of sp³-hybridized carbons (Fsp3) is 0.304. The van der Waals surface area contributed by atoms with Crippen LogP contribution < -0.4 is 9.04 Å². The maximum Gasteiger partial charge on any atom is 0.430 e. The third kappa shape index (κ3) is 5.53. The Balaban J connectivity index is 2.19. The quantitative estimate of drug-likeness (QED) is 0.371. The number of benzene rings is 1. The van der Waals surface area contributed by atoms with Gasteiger partial charge in [0.2, 0.25) is 5.82 Å². The second kappa shape index (κ2) is 10.9. The number of ether oxygens (including phenoxy) is 2. The van der Waals surface area contributed by atoms with Crippen LogP contribution in [0.1, 0.15) is 25.1 Å². The maximum absolute atomic E-state index is 13.9. The third-order valence-electron chi connectivity index (χ3n) is 4.61. The number of methoxy groups -OCH3 is 1. The summed E-state index contributed by atoms with van der Waals surface area (Å²) in [6, 6.07) is 10.1. The molecule has 0 aliphatic heterocycles. The Morgan fingerprint density at radius 1 is 1.15 bits per heavy atom. The Labute approximate surface area is 207 Å². The van der Waals surface area contributed by atoms with Crippen molar-refractivity contribution >= 4 is 37.9 Å². The molecule has 9 nitrogen and oxygen atoms in total. The number of hydrogen-bond acceptors (Lipinski definition) is 8. The Kier molecular flexibility index (Phi) is 8.21. The molecule has 2 aromatic heterocycles. The van der Waals surface area contributed by atoms with Crippen LogP contribution in [0, 0.1) is 12.8 Å². The van der Waals surface area contributed by atoms with Gasteiger partial charge < -0.3 is 9.47 Å². The van der Waals surface area contributed by atoms with E-state index in [1.54, 1.807) is 19.1 Å². The molecule has 2 heterocycles. The zero-order chi connectivity index (χ0) is 24.9. The lowest BCUT2D eigenvalue weighted by molar-refractivity contribution is 0.143. The summed E-state index contributed by atoms with van der Waals surface area (Å²) in [5.41, 5.74) is 2.26. The summed E-state index contributed by atoms with van der Waals surface area (Å²) in [5, 5.41) is 0.655. The topological polar surface area (TPSA) is 112 Å². The summed E-state index contributed by atoms with van der Waals surface area (Å²) in [4.78, 5) is 25.6. The van der Waals surface area contributed by atoms with Gasteiger partial charge in [-0.15, -0.1) is 4.31 Å². The summed E-state index contributed by atoms with van der Waals surface area (Å²) >= 11 is 3.39. The number of pyridine rings is 1. The summed E-state index contributed by atoms with van der Waals surface area (Å²) in [6.45, 7) is 5.37. The van der Waals surface area contributed by atoms with E-state index in [4.69, 9.17) is 9.47 Å². The van der Waals surface area contributed by atoms with Gasteiger partial charge in [0.1, 0.15) is 4.90 Å². The molecule has 180 valence electrons. The summed E-state index contributed by atoms with van der Waals surface area (Å²) in [6.07, 6.45) is 1.72. The number of rotatable bonds is 8. The van der Waals surface area contributed by atoms with Crippen LogP contribution >= 0.6 is 15.9 Å². The number of anilines is 1. The largest absolute Gasteiger partial charge is 0.478 e. The van der Waals surface area contributed by atoms with Crippen LogP contribution in [0.5, 0.6) is 5.88 Å². The van der Waals surface area contributed by atoms with E-state index in [-0.39, 0.29) is 34.8 Å². The minimum Gasteiger partial charge on any atom is -0.478 e. The average molecular weight is 549 g/mol. The Hall–Kier alpha value is -3.05. The van der Waals surface area contributed by atoms with E-state index in [0.717, 1.165) is 5.56 Å². The third-order valence-corrected chi connectivity index (χ3v) is 6.94. The van der Waals surface area contributed by atoms with Gasteiger partial charge in [0.15, 0.2) is 0 Å². The molecule has 0 N–H and O–H groups in total. The molecule has 0 atom stereocenters. The van der Waals surface area contributed by atoms with E-state index >= 15 is 0 Å². The molecule has 3 rings (SSSR count). The fourth-order valence-electron chi connectivity index (χ4n) is 2.99. The van der Waals surface area contributed by atoms with Gasteiger partial charge in [-0.1, -0.05) is 54.0 Å². The molecule has 0 saturated carbocycles. The maximum atomic E-state index is 13.9. The molecular formula is C23H25BrN4O5S. The minimum absolute atomic E-state index is 0.0126. The minimum atomic E-state index is -4.54. The summed E-state index contributed by atoms with van der Waals surface area (Å²) < 4.78 is 38.9. The molecule has 0 aliphatic rings. The van der Waals surface area contributed by atoms with Crippen molar-refractivity contribution in [3.05, 3.63) is 60.0 Å². The molecule has 1 aromatic carbocycles. The molecule has 1 amide bonds. The molecule has 0 saturated heterocycles. The number of carbonyl (C=O) groups is 1. The molecule has 0 fully saturated rings. The van der Waals surface area contributed by atoms with E-state index in [9.17, 15) is 13.2 Å². The molecule has 0 aliphatic carbocycles. The van der Waals surface area contributed by atoms with Crippen molar-refractivity contribution in [3.63, 3.8) is 0 Å². The predicted molar refractivity (Wildman–Crippen MR) is 131 cm³/mol. The van der Waals surface area contributed by atoms with Crippen LogP contribution in [0.4, 0.5) is 10.6 Å². The number of halogens is 1. The van der Waals surface area contributed by atoms with Crippen molar-refractivity contribution in [1.82, 2.24) is 15.0 Å². The van der Waals surface area contributed by atoms with Crippen LogP contribution in [0.3, 0.4) is 0 Å². The Morgan fingerprint density at radius 3 is 2.47 bits per heavy atom. The second-order valence-corrected chi connectivity index (χ2v) is 10.1. The standard InChI is InChI=1S/C23H25BrN4O5S/c1-15(2)14-33-23(29)28(21-22(32-4)27-16(3)13-26-21)34(30,31)19-6-5-11-25-20(19)18-9-7-17(12-24)8-10-18/h5-11,13,15H,12,14H2,1-4H3.